The second-order valence-electron chi connectivity index (χ2n) is 6.80. The molecular weight excluding hydrogens is 324 g/mol. The first kappa shape index (κ1) is 18.8. The minimum Gasteiger partial charge on any atom is -0.326 e. The largest absolute Gasteiger partial charge is 0.326 e. The summed E-state index contributed by atoms with van der Waals surface area (Å²) in [5.41, 5.74) is 1.08. The molecule has 0 radical (unpaired) electrons. The molecule has 1 saturated carbocycles. The van der Waals surface area contributed by atoms with Gasteiger partial charge in [0.25, 0.3) is 0 Å². The van der Waals surface area contributed by atoms with E-state index in [1.54, 1.807) is 24.3 Å². The monoisotopic (exact) mass is 352 g/mol. The molecule has 1 amide bonds. The lowest BCUT2D eigenvalue weighted by atomic mass is 9.79. The molecule has 1 aromatic rings. The lowest BCUT2D eigenvalue weighted by Crippen LogP contribution is -2.27. The van der Waals surface area contributed by atoms with Crippen LogP contribution in [0, 0.1) is 11.8 Å². The summed E-state index contributed by atoms with van der Waals surface area (Å²) >= 11 is 0. The average molecular weight is 353 g/mol. The summed E-state index contributed by atoms with van der Waals surface area (Å²) in [6.45, 7) is 2.21. The topological polar surface area (TPSA) is 75.3 Å². The Hall–Kier alpha value is -1.56. The van der Waals surface area contributed by atoms with Crippen molar-refractivity contribution in [2.24, 2.45) is 11.8 Å². The molecule has 0 aromatic heterocycles. The number of carbonyl (C=O) groups is 1. The van der Waals surface area contributed by atoms with E-state index in [-0.39, 0.29) is 11.8 Å². The number of amides is 1. The molecule has 1 aliphatic carbocycles. The molecule has 5 nitrogen and oxygen atoms in total. The summed E-state index contributed by atoms with van der Waals surface area (Å²) < 4.78 is 25.0. The maximum absolute atomic E-state index is 12.4. The van der Waals surface area contributed by atoms with Crippen LogP contribution in [0.25, 0.3) is 0 Å². The number of sulfonamides is 1. The van der Waals surface area contributed by atoms with Gasteiger partial charge >= 0.3 is 0 Å². The Bertz CT molecular complexity index is 650. The van der Waals surface area contributed by atoms with Crippen molar-refractivity contribution >= 4 is 27.3 Å². The summed E-state index contributed by atoms with van der Waals surface area (Å²) in [5.74, 6) is 0.881. The third-order valence-electron chi connectivity index (χ3n) is 4.62. The molecule has 0 aliphatic heterocycles. The molecule has 0 saturated heterocycles. The quantitative estimate of drug-likeness (QED) is 0.779. The molecule has 0 bridgehead atoms. The number of rotatable bonds is 7. The number of hydrogen-bond donors (Lipinski definition) is 2. The van der Waals surface area contributed by atoms with Crippen molar-refractivity contribution in [3.63, 3.8) is 0 Å². The van der Waals surface area contributed by atoms with Gasteiger partial charge < -0.3 is 5.32 Å². The Morgan fingerprint density at radius 2 is 1.83 bits per heavy atom. The molecule has 1 aliphatic rings. The smallest absolute Gasteiger partial charge is 0.229 e. The SMILES string of the molecule is CCCCC1CCC(C(=O)Nc2cccc(NS(C)(=O)=O)c2)CC1. The van der Waals surface area contributed by atoms with Crippen LogP contribution in [0.5, 0.6) is 0 Å². The summed E-state index contributed by atoms with van der Waals surface area (Å²) in [6, 6.07) is 6.81. The van der Waals surface area contributed by atoms with Crippen LogP contribution in [0.3, 0.4) is 0 Å². The van der Waals surface area contributed by atoms with Crippen LogP contribution in [0.4, 0.5) is 11.4 Å². The standard InChI is InChI=1S/C18H28N2O3S/c1-3-4-6-14-9-11-15(12-10-14)18(21)19-16-7-5-8-17(13-16)20-24(2,22)23/h5,7-8,13-15,20H,3-4,6,9-12H2,1-2H3,(H,19,21). The highest BCUT2D eigenvalue weighted by Gasteiger charge is 2.26. The lowest BCUT2D eigenvalue weighted by Gasteiger charge is -2.27. The second-order valence-corrected chi connectivity index (χ2v) is 8.55. The lowest BCUT2D eigenvalue weighted by molar-refractivity contribution is -0.121. The van der Waals surface area contributed by atoms with Gasteiger partial charge in [-0.3, -0.25) is 9.52 Å². The van der Waals surface area contributed by atoms with Crippen molar-refractivity contribution in [2.75, 3.05) is 16.3 Å². The van der Waals surface area contributed by atoms with Crippen molar-refractivity contribution in [2.45, 2.75) is 51.9 Å². The van der Waals surface area contributed by atoms with Gasteiger partial charge in [-0.15, -0.1) is 0 Å². The van der Waals surface area contributed by atoms with Gasteiger partial charge in [0.15, 0.2) is 0 Å². The van der Waals surface area contributed by atoms with Crippen LogP contribution in [-0.2, 0) is 14.8 Å². The molecule has 2 rings (SSSR count). The number of unbranched alkanes of at least 4 members (excludes halogenated alkanes) is 1. The first-order valence-electron chi connectivity index (χ1n) is 8.76. The molecule has 0 spiro atoms. The van der Waals surface area contributed by atoms with E-state index in [9.17, 15) is 13.2 Å². The summed E-state index contributed by atoms with van der Waals surface area (Å²) in [6.07, 6.45) is 9.06. The first-order chi connectivity index (χ1) is 11.4. The maximum Gasteiger partial charge on any atom is 0.229 e. The fourth-order valence-corrected chi connectivity index (χ4v) is 3.88. The van der Waals surface area contributed by atoms with Gasteiger partial charge in [-0.1, -0.05) is 32.3 Å². The van der Waals surface area contributed by atoms with Crippen LogP contribution in [0.15, 0.2) is 24.3 Å². The number of nitrogens with one attached hydrogen (secondary N) is 2. The van der Waals surface area contributed by atoms with Crippen molar-refractivity contribution in [3.05, 3.63) is 24.3 Å². The number of benzene rings is 1. The zero-order chi connectivity index (χ0) is 17.6. The van der Waals surface area contributed by atoms with Gasteiger partial charge in [0.05, 0.1) is 11.9 Å². The molecule has 0 heterocycles. The summed E-state index contributed by atoms with van der Waals surface area (Å²) in [4.78, 5) is 12.4. The zero-order valence-electron chi connectivity index (χ0n) is 14.5. The van der Waals surface area contributed by atoms with Gasteiger partial charge in [-0.25, -0.2) is 8.42 Å². The first-order valence-corrected chi connectivity index (χ1v) is 10.6. The van der Waals surface area contributed by atoms with Gasteiger partial charge in [0.2, 0.25) is 15.9 Å². The third kappa shape index (κ3) is 6.15. The fourth-order valence-electron chi connectivity index (χ4n) is 3.32. The van der Waals surface area contributed by atoms with E-state index in [0.29, 0.717) is 11.4 Å². The summed E-state index contributed by atoms with van der Waals surface area (Å²) in [5, 5.41) is 2.92. The van der Waals surface area contributed by atoms with Gasteiger partial charge in [0, 0.05) is 11.6 Å². The Kier molecular flexibility index (Phi) is 6.66. The molecule has 1 fully saturated rings. The highest BCUT2D eigenvalue weighted by atomic mass is 32.2. The van der Waals surface area contributed by atoms with Crippen LogP contribution in [0.1, 0.15) is 51.9 Å². The van der Waals surface area contributed by atoms with Crippen LogP contribution in [-0.4, -0.2) is 20.6 Å². The molecule has 0 atom stereocenters. The van der Waals surface area contributed by atoms with Crippen molar-refractivity contribution in [1.29, 1.82) is 0 Å². The predicted octanol–water partition coefficient (Wildman–Crippen LogP) is 3.99. The van der Waals surface area contributed by atoms with E-state index < -0.39 is 10.0 Å². The molecule has 2 N–H and O–H groups in total. The average Bonchev–Trinajstić information content (AvgIpc) is 2.52. The Morgan fingerprint density at radius 1 is 1.17 bits per heavy atom. The van der Waals surface area contributed by atoms with E-state index in [0.717, 1.165) is 37.9 Å². The van der Waals surface area contributed by atoms with Gasteiger partial charge in [-0.05, 0) is 49.8 Å². The van der Waals surface area contributed by atoms with Gasteiger partial charge in [-0.2, -0.15) is 0 Å². The van der Waals surface area contributed by atoms with E-state index >= 15 is 0 Å². The fraction of sp³-hybridized carbons (Fsp3) is 0.611. The van der Waals surface area contributed by atoms with Crippen LogP contribution in [0.2, 0.25) is 0 Å². The Balaban J connectivity index is 1.88. The van der Waals surface area contributed by atoms with E-state index in [4.69, 9.17) is 0 Å². The highest BCUT2D eigenvalue weighted by molar-refractivity contribution is 7.92. The van der Waals surface area contributed by atoms with E-state index in [2.05, 4.69) is 17.0 Å². The predicted molar refractivity (Wildman–Crippen MR) is 98.5 cm³/mol. The maximum atomic E-state index is 12.4. The number of anilines is 2. The molecule has 1 aromatic carbocycles. The Morgan fingerprint density at radius 3 is 2.46 bits per heavy atom. The molecule has 24 heavy (non-hydrogen) atoms. The van der Waals surface area contributed by atoms with E-state index in [1.807, 2.05) is 0 Å². The van der Waals surface area contributed by atoms with Crippen molar-refractivity contribution in [3.8, 4) is 0 Å². The minimum atomic E-state index is -3.32. The van der Waals surface area contributed by atoms with Crippen LogP contribution < -0.4 is 10.0 Å². The molecule has 6 heteroatoms. The third-order valence-corrected chi connectivity index (χ3v) is 5.22. The summed E-state index contributed by atoms with van der Waals surface area (Å²) in [7, 11) is -3.32. The minimum absolute atomic E-state index is 0.0421. The molecule has 134 valence electrons. The molecule has 0 unspecified atom stereocenters. The van der Waals surface area contributed by atoms with E-state index in [1.165, 1.54) is 19.3 Å². The number of hydrogen-bond acceptors (Lipinski definition) is 3. The zero-order valence-corrected chi connectivity index (χ0v) is 15.4. The normalized spacial score (nSPS) is 21.2. The highest BCUT2D eigenvalue weighted by Crippen LogP contribution is 2.32. The number of carbonyl (C=O) groups excluding carboxylic acids is 1. The van der Waals surface area contributed by atoms with Gasteiger partial charge in [0.1, 0.15) is 0 Å². The Labute approximate surface area is 145 Å². The second kappa shape index (κ2) is 8.51. The van der Waals surface area contributed by atoms with Crippen LogP contribution >= 0.6 is 0 Å². The van der Waals surface area contributed by atoms with Crippen molar-refractivity contribution in [1.82, 2.24) is 0 Å². The van der Waals surface area contributed by atoms with Crippen molar-refractivity contribution < 1.29 is 13.2 Å². The molecular formula is C18H28N2O3S.